The molecular formula is C4H4O9Ti. The van der Waals surface area contributed by atoms with E-state index >= 15 is 0 Å². The summed E-state index contributed by atoms with van der Waals surface area (Å²) in [4.78, 5) is 36.4. The normalized spacial score (nSPS) is 6.50. The summed E-state index contributed by atoms with van der Waals surface area (Å²) in [7, 11) is 0. The summed E-state index contributed by atoms with van der Waals surface area (Å²) < 4.78 is 8.25. The Hall–Kier alpha value is -1.61. The number of hydrogen-bond donors (Lipinski definition) is 4. The van der Waals surface area contributed by atoms with Crippen molar-refractivity contribution in [3.63, 3.8) is 0 Å². The van der Waals surface area contributed by atoms with E-state index in [2.05, 4.69) is 0 Å². The number of carboxylic acid groups (broad SMARTS) is 4. The fourth-order valence-corrected chi connectivity index (χ4v) is 0. The molecule has 78 valence electrons. The van der Waals surface area contributed by atoms with Gasteiger partial charge in [-0.2, -0.15) is 0 Å². The topological polar surface area (TPSA) is 166 Å². The molecule has 0 aromatic carbocycles. The zero-order valence-corrected chi connectivity index (χ0v) is 7.89. The Bertz CT molecular complexity index is 185. The summed E-state index contributed by atoms with van der Waals surface area (Å²) in [5.74, 6) is -7.30. The average Bonchev–Trinajstić information content (AvgIpc) is 2.08. The van der Waals surface area contributed by atoms with Gasteiger partial charge in [0.05, 0.1) is 0 Å². The zero-order chi connectivity index (χ0) is 12.3. The first kappa shape index (κ1) is 18.2. The molecule has 0 amide bonds. The monoisotopic (exact) mass is 244 g/mol. The summed E-state index contributed by atoms with van der Waals surface area (Å²) in [6.07, 6.45) is 0. The van der Waals surface area contributed by atoms with Gasteiger partial charge < -0.3 is 20.4 Å². The first-order chi connectivity index (χ1) is 6.29. The van der Waals surface area contributed by atoms with Crippen molar-refractivity contribution < 1.29 is 63.3 Å². The van der Waals surface area contributed by atoms with Crippen LogP contribution in [-0.2, 0) is 42.9 Å². The van der Waals surface area contributed by atoms with Crippen molar-refractivity contribution in [2.45, 2.75) is 0 Å². The van der Waals surface area contributed by atoms with Crippen LogP contribution in [0, 0.1) is 0 Å². The quantitative estimate of drug-likeness (QED) is 0.283. The van der Waals surface area contributed by atoms with Crippen LogP contribution in [0.2, 0.25) is 0 Å². The SMILES string of the molecule is O=C(O)C(=O)O.O=C(O)C(=O)O.[O]=[Ti]. The molecule has 0 aliphatic heterocycles. The van der Waals surface area contributed by atoms with E-state index in [1.165, 1.54) is 0 Å². The summed E-state index contributed by atoms with van der Waals surface area (Å²) in [5, 5.41) is 29.6. The van der Waals surface area contributed by atoms with Crippen molar-refractivity contribution in [3.05, 3.63) is 0 Å². The molecule has 0 aromatic heterocycles. The fourth-order valence-electron chi connectivity index (χ4n) is 0. The third kappa shape index (κ3) is 22.4. The van der Waals surface area contributed by atoms with Gasteiger partial charge in [0.15, 0.2) is 0 Å². The fraction of sp³-hybridized carbons (Fsp3) is 0. The molecule has 4 N–H and O–H groups in total. The molecule has 10 heteroatoms. The number of hydrogen-bond acceptors (Lipinski definition) is 5. The Morgan fingerprint density at radius 2 is 0.643 bits per heavy atom. The van der Waals surface area contributed by atoms with Gasteiger partial charge in [-0.15, -0.1) is 0 Å². The molecule has 0 rings (SSSR count). The molecule has 0 radical (unpaired) electrons. The van der Waals surface area contributed by atoms with Crippen molar-refractivity contribution in [1.82, 2.24) is 0 Å². The summed E-state index contributed by atoms with van der Waals surface area (Å²) in [6, 6.07) is 0. The van der Waals surface area contributed by atoms with Crippen LogP contribution in [0.25, 0.3) is 0 Å². The molecule has 0 fully saturated rings. The van der Waals surface area contributed by atoms with Gasteiger partial charge in [0, 0.05) is 0 Å². The molecule has 0 saturated carbocycles. The van der Waals surface area contributed by atoms with Crippen LogP contribution < -0.4 is 0 Å². The summed E-state index contributed by atoms with van der Waals surface area (Å²) in [5.41, 5.74) is 0. The van der Waals surface area contributed by atoms with Gasteiger partial charge in [-0.05, 0) is 0 Å². The van der Waals surface area contributed by atoms with Gasteiger partial charge in [-0.3, -0.25) is 0 Å². The number of carbonyl (C=O) groups is 4. The summed E-state index contributed by atoms with van der Waals surface area (Å²) in [6.45, 7) is 0. The number of carboxylic acids is 4. The molecule has 14 heavy (non-hydrogen) atoms. The van der Waals surface area contributed by atoms with Crippen LogP contribution in [0.4, 0.5) is 0 Å². The van der Waals surface area contributed by atoms with E-state index < -0.39 is 23.9 Å². The molecule has 9 nitrogen and oxygen atoms in total. The zero-order valence-electron chi connectivity index (χ0n) is 6.33. The molecule has 0 aliphatic carbocycles. The second-order valence-corrected chi connectivity index (χ2v) is 1.22. The first-order valence-corrected chi connectivity index (χ1v) is 3.05. The van der Waals surface area contributed by atoms with E-state index in [1.54, 1.807) is 0 Å². The summed E-state index contributed by atoms with van der Waals surface area (Å²) >= 11 is 0.750. The van der Waals surface area contributed by atoms with Crippen LogP contribution >= 0.6 is 0 Å². The maximum atomic E-state index is 9.10. The average molecular weight is 244 g/mol. The minimum atomic E-state index is -1.82. The predicted octanol–water partition coefficient (Wildman–Crippen LogP) is -1.81. The van der Waals surface area contributed by atoms with Crippen LogP contribution in [0.1, 0.15) is 0 Å². The van der Waals surface area contributed by atoms with E-state index in [-0.39, 0.29) is 0 Å². The Morgan fingerprint density at radius 1 is 0.571 bits per heavy atom. The maximum absolute atomic E-state index is 9.10. The van der Waals surface area contributed by atoms with Gasteiger partial charge >= 0.3 is 47.6 Å². The Balaban J connectivity index is -0.000000147. The van der Waals surface area contributed by atoms with Crippen molar-refractivity contribution >= 4 is 23.9 Å². The molecule has 0 saturated heterocycles. The molecule has 0 heterocycles. The number of rotatable bonds is 0. The van der Waals surface area contributed by atoms with Crippen LogP contribution in [0.3, 0.4) is 0 Å². The van der Waals surface area contributed by atoms with Crippen molar-refractivity contribution in [2.75, 3.05) is 0 Å². The van der Waals surface area contributed by atoms with E-state index in [1.807, 2.05) is 0 Å². The Morgan fingerprint density at radius 3 is 0.643 bits per heavy atom. The van der Waals surface area contributed by atoms with Crippen LogP contribution in [0.15, 0.2) is 0 Å². The molecule has 0 unspecified atom stereocenters. The second-order valence-electron chi connectivity index (χ2n) is 1.22. The van der Waals surface area contributed by atoms with Gasteiger partial charge in [0.25, 0.3) is 0 Å². The molecule has 0 atom stereocenters. The van der Waals surface area contributed by atoms with Gasteiger partial charge in [-0.25, -0.2) is 19.2 Å². The first-order valence-electron chi connectivity index (χ1n) is 2.42. The van der Waals surface area contributed by atoms with Gasteiger partial charge in [0.1, 0.15) is 0 Å². The number of aliphatic carboxylic acids is 4. The second kappa shape index (κ2) is 11.4. The molecular weight excluding hydrogens is 240 g/mol. The van der Waals surface area contributed by atoms with E-state index in [4.69, 9.17) is 42.9 Å². The van der Waals surface area contributed by atoms with E-state index in [0.29, 0.717) is 0 Å². The van der Waals surface area contributed by atoms with Gasteiger partial charge in [-0.1, -0.05) is 0 Å². The third-order valence-corrected chi connectivity index (χ3v) is 0.366. The van der Waals surface area contributed by atoms with Crippen LogP contribution in [0.5, 0.6) is 0 Å². The predicted molar refractivity (Wildman–Crippen MR) is 31.2 cm³/mol. The van der Waals surface area contributed by atoms with Crippen molar-refractivity contribution in [1.29, 1.82) is 0 Å². The van der Waals surface area contributed by atoms with Gasteiger partial charge in [0.2, 0.25) is 0 Å². The van der Waals surface area contributed by atoms with Crippen molar-refractivity contribution in [2.24, 2.45) is 0 Å². The molecule has 0 spiro atoms. The van der Waals surface area contributed by atoms with E-state index in [0.717, 1.165) is 20.4 Å². The third-order valence-electron chi connectivity index (χ3n) is 0.366. The molecule has 0 bridgehead atoms. The van der Waals surface area contributed by atoms with Crippen molar-refractivity contribution in [3.8, 4) is 0 Å². The standard InChI is InChI=1S/2C2H2O4.O.Ti/c2*3-1(4)2(5)6;;/h2*(H,3,4)(H,5,6);;. The minimum absolute atomic E-state index is 0.750. The molecule has 0 aliphatic rings. The van der Waals surface area contributed by atoms with E-state index in [9.17, 15) is 0 Å². The Kier molecular flexibility index (Phi) is 14.8. The van der Waals surface area contributed by atoms with Crippen LogP contribution in [-0.4, -0.2) is 44.3 Å². The Labute approximate surface area is 87.7 Å². The molecule has 0 aromatic rings.